The largest absolute Gasteiger partial charge is 0.368 e. The van der Waals surface area contributed by atoms with Crippen molar-refractivity contribution in [3.63, 3.8) is 0 Å². The van der Waals surface area contributed by atoms with E-state index in [1.54, 1.807) is 0 Å². The highest BCUT2D eigenvalue weighted by Gasteiger charge is 2.09. The van der Waals surface area contributed by atoms with E-state index in [9.17, 15) is 0 Å². The Morgan fingerprint density at radius 2 is 2.00 bits per heavy atom. The molecule has 0 spiro atoms. The van der Waals surface area contributed by atoms with Crippen molar-refractivity contribution >= 4 is 45.8 Å². The number of aromatic nitrogens is 5. The van der Waals surface area contributed by atoms with E-state index in [1.807, 2.05) is 38.1 Å². The summed E-state index contributed by atoms with van der Waals surface area (Å²) in [7, 11) is 0. The van der Waals surface area contributed by atoms with Crippen LogP contribution in [0.1, 0.15) is 18.3 Å². The Kier molecular flexibility index (Phi) is 5.61. The van der Waals surface area contributed by atoms with Crippen LogP contribution in [0, 0.1) is 6.92 Å². The van der Waals surface area contributed by atoms with E-state index in [0.717, 1.165) is 27.3 Å². The van der Waals surface area contributed by atoms with Gasteiger partial charge in [0.2, 0.25) is 17.0 Å². The second kappa shape index (κ2) is 8.08. The van der Waals surface area contributed by atoms with Crippen molar-refractivity contribution in [2.75, 3.05) is 22.9 Å². The fourth-order valence-corrected chi connectivity index (χ4v) is 3.68. The summed E-state index contributed by atoms with van der Waals surface area (Å²) in [5.74, 6) is 1.75. The summed E-state index contributed by atoms with van der Waals surface area (Å²) in [5, 5.41) is 15.3. The summed E-state index contributed by atoms with van der Waals surface area (Å²) in [6, 6.07) is 7.91. The lowest BCUT2D eigenvalue weighted by molar-refractivity contribution is 0.973. The molecule has 0 aliphatic rings. The first kappa shape index (κ1) is 17.4. The minimum absolute atomic E-state index is 0.187. The molecule has 3 aromatic rings. The molecule has 0 aliphatic heterocycles. The van der Waals surface area contributed by atoms with E-state index in [4.69, 9.17) is 5.73 Å². The molecule has 0 bridgehead atoms. The molecule has 25 heavy (non-hydrogen) atoms. The molecule has 1 aromatic carbocycles. The number of thioether (sulfide) groups is 1. The van der Waals surface area contributed by atoms with E-state index in [1.165, 1.54) is 23.1 Å². The SMILES string of the molecule is CCNc1nnc(SCc2nc(N)nc(Nc3ccccc3C)n2)s1. The number of rotatable bonds is 7. The first-order valence-electron chi connectivity index (χ1n) is 7.67. The Hall–Kier alpha value is -2.46. The van der Waals surface area contributed by atoms with Crippen LogP contribution in [0.2, 0.25) is 0 Å². The highest BCUT2D eigenvalue weighted by molar-refractivity contribution is 8.00. The third kappa shape index (κ3) is 4.77. The highest BCUT2D eigenvalue weighted by Crippen LogP contribution is 2.28. The van der Waals surface area contributed by atoms with Gasteiger partial charge in [-0.1, -0.05) is 41.3 Å². The van der Waals surface area contributed by atoms with Gasteiger partial charge in [-0.15, -0.1) is 10.2 Å². The molecule has 10 heteroatoms. The number of nitrogens with one attached hydrogen (secondary N) is 2. The van der Waals surface area contributed by atoms with Crippen molar-refractivity contribution in [3.8, 4) is 0 Å². The Morgan fingerprint density at radius 1 is 1.16 bits per heavy atom. The first-order valence-corrected chi connectivity index (χ1v) is 9.47. The van der Waals surface area contributed by atoms with Gasteiger partial charge in [0, 0.05) is 12.2 Å². The molecule has 0 saturated heterocycles. The molecule has 0 atom stereocenters. The van der Waals surface area contributed by atoms with Gasteiger partial charge in [0.1, 0.15) is 5.82 Å². The number of benzene rings is 1. The van der Waals surface area contributed by atoms with E-state index < -0.39 is 0 Å². The summed E-state index contributed by atoms with van der Waals surface area (Å²) < 4.78 is 0.850. The Morgan fingerprint density at radius 3 is 2.80 bits per heavy atom. The molecule has 130 valence electrons. The second-order valence-corrected chi connectivity index (χ2v) is 7.27. The van der Waals surface area contributed by atoms with Gasteiger partial charge >= 0.3 is 0 Å². The van der Waals surface area contributed by atoms with Crippen molar-refractivity contribution in [1.29, 1.82) is 0 Å². The lowest BCUT2D eigenvalue weighted by Crippen LogP contribution is -2.07. The van der Waals surface area contributed by atoms with Gasteiger partial charge in [0.15, 0.2) is 4.34 Å². The van der Waals surface area contributed by atoms with Crippen molar-refractivity contribution in [2.45, 2.75) is 23.9 Å². The minimum atomic E-state index is 0.187. The van der Waals surface area contributed by atoms with E-state index in [2.05, 4.69) is 35.8 Å². The number of anilines is 4. The summed E-state index contributed by atoms with van der Waals surface area (Å²) >= 11 is 3.02. The monoisotopic (exact) mass is 374 g/mol. The zero-order chi connectivity index (χ0) is 17.6. The van der Waals surface area contributed by atoms with E-state index in [0.29, 0.717) is 17.5 Å². The van der Waals surface area contributed by atoms with Crippen LogP contribution in [0.3, 0.4) is 0 Å². The molecule has 0 aliphatic carbocycles. The maximum Gasteiger partial charge on any atom is 0.232 e. The summed E-state index contributed by atoms with van der Waals surface area (Å²) in [5.41, 5.74) is 7.85. The normalized spacial score (nSPS) is 10.6. The van der Waals surface area contributed by atoms with Crippen LogP contribution in [0.15, 0.2) is 28.6 Å². The van der Waals surface area contributed by atoms with Crippen LogP contribution < -0.4 is 16.4 Å². The zero-order valence-corrected chi connectivity index (χ0v) is 15.5. The van der Waals surface area contributed by atoms with Crippen LogP contribution >= 0.6 is 23.1 Å². The van der Waals surface area contributed by atoms with Crippen LogP contribution in [0.25, 0.3) is 0 Å². The Balaban J connectivity index is 1.69. The van der Waals surface area contributed by atoms with Gasteiger partial charge in [-0.05, 0) is 25.5 Å². The number of hydrogen-bond acceptors (Lipinski definition) is 10. The van der Waals surface area contributed by atoms with Crippen molar-refractivity contribution in [1.82, 2.24) is 25.1 Å². The number of nitrogen functional groups attached to an aromatic ring is 1. The fourth-order valence-electron chi connectivity index (χ4n) is 2.01. The molecule has 0 unspecified atom stereocenters. The van der Waals surface area contributed by atoms with Gasteiger partial charge in [-0.2, -0.15) is 15.0 Å². The number of aryl methyl sites for hydroxylation is 1. The quantitative estimate of drug-likeness (QED) is 0.537. The molecule has 0 saturated carbocycles. The first-order chi connectivity index (χ1) is 12.1. The third-order valence-electron chi connectivity index (χ3n) is 3.15. The lowest BCUT2D eigenvalue weighted by Gasteiger charge is -2.09. The average Bonchev–Trinajstić information content (AvgIpc) is 3.03. The molecule has 3 rings (SSSR count). The molecule has 2 heterocycles. The topological polar surface area (TPSA) is 115 Å². The molecule has 2 aromatic heterocycles. The van der Waals surface area contributed by atoms with Crippen LogP contribution in [0.5, 0.6) is 0 Å². The molecule has 8 nitrogen and oxygen atoms in total. The van der Waals surface area contributed by atoms with Gasteiger partial charge in [-0.25, -0.2) is 0 Å². The highest BCUT2D eigenvalue weighted by atomic mass is 32.2. The molecule has 0 fully saturated rings. The predicted octanol–water partition coefficient (Wildman–Crippen LogP) is 3.08. The third-order valence-corrected chi connectivity index (χ3v) is 5.16. The smallest absolute Gasteiger partial charge is 0.232 e. The standard InChI is InChI=1S/C15H18N8S2/c1-3-17-14-22-23-15(25-14)24-8-11-19-12(16)21-13(20-11)18-10-7-5-4-6-9(10)2/h4-7H,3,8H2,1-2H3,(H,17,22)(H3,16,18,19,20,21). The van der Waals surface area contributed by atoms with E-state index >= 15 is 0 Å². The number of para-hydroxylation sites is 1. The van der Waals surface area contributed by atoms with Crippen LogP contribution in [-0.2, 0) is 5.75 Å². The molecule has 4 N–H and O–H groups in total. The fraction of sp³-hybridized carbons (Fsp3) is 0.267. The number of hydrogen-bond donors (Lipinski definition) is 3. The molecular formula is C15H18N8S2. The molecule has 0 radical (unpaired) electrons. The zero-order valence-electron chi connectivity index (χ0n) is 13.9. The number of nitrogens with zero attached hydrogens (tertiary/aromatic N) is 5. The minimum Gasteiger partial charge on any atom is -0.368 e. The maximum atomic E-state index is 5.82. The van der Waals surface area contributed by atoms with Gasteiger partial charge in [0.25, 0.3) is 0 Å². The average molecular weight is 374 g/mol. The molecule has 0 amide bonds. The summed E-state index contributed by atoms with van der Waals surface area (Å²) in [6.45, 7) is 4.85. The van der Waals surface area contributed by atoms with Gasteiger partial charge in [0.05, 0.1) is 5.75 Å². The summed E-state index contributed by atoms with van der Waals surface area (Å²) in [4.78, 5) is 12.8. The predicted molar refractivity (Wildman–Crippen MR) is 102 cm³/mol. The lowest BCUT2D eigenvalue weighted by atomic mass is 10.2. The molecular weight excluding hydrogens is 356 g/mol. The maximum absolute atomic E-state index is 5.82. The Bertz CT molecular complexity index is 851. The van der Waals surface area contributed by atoms with Crippen molar-refractivity contribution in [3.05, 3.63) is 35.7 Å². The van der Waals surface area contributed by atoms with Crippen LogP contribution in [0.4, 0.5) is 22.7 Å². The van der Waals surface area contributed by atoms with Crippen molar-refractivity contribution < 1.29 is 0 Å². The number of nitrogens with two attached hydrogens (primary N) is 1. The summed E-state index contributed by atoms with van der Waals surface area (Å²) in [6.07, 6.45) is 0. The van der Waals surface area contributed by atoms with Gasteiger partial charge < -0.3 is 16.4 Å². The van der Waals surface area contributed by atoms with Gasteiger partial charge in [-0.3, -0.25) is 0 Å². The van der Waals surface area contributed by atoms with E-state index in [-0.39, 0.29) is 5.95 Å². The second-order valence-electron chi connectivity index (χ2n) is 5.07. The Labute approximate surface area is 153 Å². The van der Waals surface area contributed by atoms with Crippen molar-refractivity contribution in [2.24, 2.45) is 0 Å². The van der Waals surface area contributed by atoms with Crippen LogP contribution in [-0.4, -0.2) is 31.7 Å².